The summed E-state index contributed by atoms with van der Waals surface area (Å²) in [6.45, 7) is 4.18. The van der Waals surface area contributed by atoms with Gasteiger partial charge < -0.3 is 0 Å². The van der Waals surface area contributed by atoms with Crippen LogP contribution < -0.4 is 0 Å². The van der Waals surface area contributed by atoms with Gasteiger partial charge in [-0.1, -0.05) is 33.1 Å². The van der Waals surface area contributed by atoms with E-state index in [4.69, 9.17) is 5.26 Å². The van der Waals surface area contributed by atoms with E-state index < -0.39 is 0 Å². The minimum atomic E-state index is -0.366. The standard InChI is InChI=1S/C9H17NS/c1-3-5-6-7-9(11,4-2)8-10/h11H,3-7H2,1-2H3. The van der Waals surface area contributed by atoms with Crippen LogP contribution in [0.2, 0.25) is 0 Å². The number of hydrogen-bond donors (Lipinski definition) is 1. The second-order valence-electron chi connectivity index (χ2n) is 2.95. The molecule has 0 saturated carbocycles. The number of thiol groups is 1. The van der Waals surface area contributed by atoms with Gasteiger partial charge >= 0.3 is 0 Å². The Kier molecular flexibility index (Phi) is 5.41. The Bertz CT molecular complexity index is 139. The molecule has 0 N–H and O–H groups in total. The van der Waals surface area contributed by atoms with E-state index in [-0.39, 0.29) is 4.75 Å². The smallest absolute Gasteiger partial charge is 0.0992 e. The zero-order chi connectivity index (χ0) is 8.74. The van der Waals surface area contributed by atoms with Crippen LogP contribution in [0.3, 0.4) is 0 Å². The fourth-order valence-corrected chi connectivity index (χ4v) is 1.14. The van der Waals surface area contributed by atoms with Gasteiger partial charge in [0.05, 0.1) is 10.8 Å². The molecular formula is C9H17NS. The third-order valence-corrected chi connectivity index (χ3v) is 2.63. The fourth-order valence-electron chi connectivity index (χ4n) is 0.979. The molecule has 0 radical (unpaired) electrons. The van der Waals surface area contributed by atoms with Gasteiger partial charge in [-0.3, -0.25) is 0 Å². The van der Waals surface area contributed by atoms with Crippen LogP contribution in [0.1, 0.15) is 46.0 Å². The van der Waals surface area contributed by atoms with Gasteiger partial charge in [0.2, 0.25) is 0 Å². The summed E-state index contributed by atoms with van der Waals surface area (Å²) in [6.07, 6.45) is 5.32. The van der Waals surface area contributed by atoms with E-state index in [0.717, 1.165) is 19.3 Å². The van der Waals surface area contributed by atoms with Crippen LogP contribution in [-0.2, 0) is 0 Å². The molecule has 0 aromatic rings. The Balaban J connectivity index is 3.63. The minimum absolute atomic E-state index is 0.366. The van der Waals surface area contributed by atoms with Crippen LogP contribution in [0, 0.1) is 11.3 Å². The largest absolute Gasteiger partial charge is 0.197 e. The van der Waals surface area contributed by atoms with Gasteiger partial charge in [0.1, 0.15) is 0 Å². The second-order valence-corrected chi connectivity index (χ2v) is 3.81. The minimum Gasteiger partial charge on any atom is -0.197 e. The summed E-state index contributed by atoms with van der Waals surface area (Å²) in [4.78, 5) is 0. The van der Waals surface area contributed by atoms with Crippen molar-refractivity contribution >= 4 is 12.6 Å². The van der Waals surface area contributed by atoms with Gasteiger partial charge in [-0.2, -0.15) is 17.9 Å². The highest BCUT2D eigenvalue weighted by Crippen LogP contribution is 2.24. The summed E-state index contributed by atoms with van der Waals surface area (Å²) < 4.78 is -0.366. The molecule has 0 heterocycles. The molecule has 1 unspecified atom stereocenters. The molecule has 64 valence electrons. The summed E-state index contributed by atoms with van der Waals surface area (Å²) in [5.74, 6) is 0. The van der Waals surface area contributed by atoms with Gasteiger partial charge in [0, 0.05) is 0 Å². The predicted octanol–water partition coefficient (Wildman–Crippen LogP) is 3.17. The quantitative estimate of drug-likeness (QED) is 0.498. The summed E-state index contributed by atoms with van der Waals surface area (Å²) in [7, 11) is 0. The van der Waals surface area contributed by atoms with E-state index in [1.165, 1.54) is 12.8 Å². The van der Waals surface area contributed by atoms with Crippen molar-refractivity contribution in [1.29, 1.82) is 5.26 Å². The first kappa shape index (κ1) is 10.8. The van der Waals surface area contributed by atoms with Gasteiger partial charge in [-0.05, 0) is 12.8 Å². The Morgan fingerprint density at radius 2 is 2.00 bits per heavy atom. The maximum Gasteiger partial charge on any atom is 0.0992 e. The van der Waals surface area contributed by atoms with E-state index in [2.05, 4.69) is 25.6 Å². The molecule has 0 amide bonds. The van der Waals surface area contributed by atoms with Crippen molar-refractivity contribution in [2.24, 2.45) is 0 Å². The highest BCUT2D eigenvalue weighted by molar-refractivity contribution is 7.82. The lowest BCUT2D eigenvalue weighted by molar-refractivity contribution is 0.575. The van der Waals surface area contributed by atoms with Crippen LogP contribution >= 0.6 is 12.6 Å². The molecular weight excluding hydrogens is 154 g/mol. The first-order valence-electron chi connectivity index (χ1n) is 4.32. The highest BCUT2D eigenvalue weighted by Gasteiger charge is 2.21. The van der Waals surface area contributed by atoms with Crippen LogP contribution in [0.15, 0.2) is 0 Å². The molecule has 0 aliphatic heterocycles. The van der Waals surface area contributed by atoms with Crippen molar-refractivity contribution < 1.29 is 0 Å². The number of nitrogens with zero attached hydrogens (tertiary/aromatic N) is 1. The Morgan fingerprint density at radius 1 is 1.36 bits per heavy atom. The monoisotopic (exact) mass is 171 g/mol. The fraction of sp³-hybridized carbons (Fsp3) is 0.889. The maximum absolute atomic E-state index is 8.76. The van der Waals surface area contributed by atoms with Crippen LogP contribution in [-0.4, -0.2) is 4.75 Å². The summed E-state index contributed by atoms with van der Waals surface area (Å²) in [5, 5.41) is 8.76. The Morgan fingerprint density at radius 3 is 2.36 bits per heavy atom. The van der Waals surface area contributed by atoms with E-state index in [0.29, 0.717) is 0 Å². The third kappa shape index (κ3) is 4.31. The molecule has 0 spiro atoms. The molecule has 11 heavy (non-hydrogen) atoms. The molecule has 1 atom stereocenters. The van der Waals surface area contributed by atoms with Crippen molar-refractivity contribution in [3.05, 3.63) is 0 Å². The van der Waals surface area contributed by atoms with Gasteiger partial charge in [0.15, 0.2) is 0 Å². The van der Waals surface area contributed by atoms with Crippen LogP contribution in [0.25, 0.3) is 0 Å². The lowest BCUT2D eigenvalue weighted by Gasteiger charge is -2.17. The lowest BCUT2D eigenvalue weighted by atomic mass is 9.99. The van der Waals surface area contributed by atoms with Gasteiger partial charge in [-0.25, -0.2) is 0 Å². The van der Waals surface area contributed by atoms with E-state index in [1.807, 2.05) is 6.92 Å². The zero-order valence-corrected chi connectivity index (χ0v) is 8.32. The molecule has 0 aliphatic rings. The van der Waals surface area contributed by atoms with Gasteiger partial charge in [0.25, 0.3) is 0 Å². The first-order chi connectivity index (χ1) is 5.18. The van der Waals surface area contributed by atoms with Crippen molar-refractivity contribution in [2.75, 3.05) is 0 Å². The molecule has 1 nitrogen and oxygen atoms in total. The molecule has 0 saturated heterocycles. The molecule has 0 aromatic carbocycles. The van der Waals surface area contributed by atoms with E-state index in [9.17, 15) is 0 Å². The maximum atomic E-state index is 8.76. The Labute approximate surface area is 75.2 Å². The summed E-state index contributed by atoms with van der Waals surface area (Å²) in [6, 6.07) is 2.25. The second kappa shape index (κ2) is 5.49. The highest BCUT2D eigenvalue weighted by atomic mass is 32.1. The number of hydrogen-bond acceptors (Lipinski definition) is 2. The van der Waals surface area contributed by atoms with E-state index >= 15 is 0 Å². The first-order valence-corrected chi connectivity index (χ1v) is 4.77. The molecule has 0 rings (SSSR count). The van der Waals surface area contributed by atoms with Crippen molar-refractivity contribution in [3.8, 4) is 6.07 Å². The zero-order valence-electron chi connectivity index (χ0n) is 7.43. The summed E-state index contributed by atoms with van der Waals surface area (Å²) >= 11 is 4.33. The predicted molar refractivity (Wildman–Crippen MR) is 51.8 cm³/mol. The molecule has 0 fully saturated rings. The lowest BCUT2D eigenvalue weighted by Crippen LogP contribution is -2.16. The topological polar surface area (TPSA) is 23.8 Å². The van der Waals surface area contributed by atoms with Crippen molar-refractivity contribution in [2.45, 2.75) is 50.7 Å². The molecule has 0 aliphatic carbocycles. The molecule has 0 aromatic heterocycles. The third-order valence-electron chi connectivity index (χ3n) is 1.99. The number of unbranched alkanes of at least 4 members (excludes halogenated alkanes) is 2. The van der Waals surface area contributed by atoms with E-state index in [1.54, 1.807) is 0 Å². The van der Waals surface area contributed by atoms with Crippen LogP contribution in [0.5, 0.6) is 0 Å². The normalized spacial score (nSPS) is 15.5. The molecule has 0 bridgehead atoms. The van der Waals surface area contributed by atoms with Crippen LogP contribution in [0.4, 0.5) is 0 Å². The average molecular weight is 171 g/mol. The molecule has 2 heteroatoms. The SMILES string of the molecule is CCCCCC(S)(C#N)CC. The van der Waals surface area contributed by atoms with Gasteiger partial charge in [-0.15, -0.1) is 0 Å². The average Bonchev–Trinajstić information content (AvgIpc) is 2.05. The number of rotatable bonds is 5. The van der Waals surface area contributed by atoms with Crippen molar-refractivity contribution in [1.82, 2.24) is 0 Å². The summed E-state index contributed by atoms with van der Waals surface area (Å²) in [5.41, 5.74) is 0. The Hall–Kier alpha value is -0.160. The number of nitriles is 1. The van der Waals surface area contributed by atoms with Crippen molar-refractivity contribution in [3.63, 3.8) is 0 Å².